The van der Waals surface area contributed by atoms with Crippen LogP contribution < -0.4 is 5.32 Å². The van der Waals surface area contributed by atoms with Crippen molar-refractivity contribution in [3.8, 4) is 0 Å². The minimum atomic E-state index is -0.915. The van der Waals surface area contributed by atoms with E-state index in [0.29, 0.717) is 6.54 Å². The van der Waals surface area contributed by atoms with Gasteiger partial charge in [0, 0.05) is 12.6 Å². The number of ether oxygens (including phenoxy) is 1. The Balaban J connectivity index is 3.41. The van der Waals surface area contributed by atoms with Gasteiger partial charge in [0.15, 0.2) is 0 Å². The van der Waals surface area contributed by atoms with Gasteiger partial charge in [0.25, 0.3) is 0 Å². The van der Waals surface area contributed by atoms with Crippen LogP contribution in [0.1, 0.15) is 46.5 Å². The minimum Gasteiger partial charge on any atom is -0.478 e. The molecule has 0 aliphatic rings. The molecule has 0 rings (SSSR count). The smallest absolute Gasteiger partial charge is 0.407 e. The van der Waals surface area contributed by atoms with E-state index in [0.717, 1.165) is 31.8 Å². The van der Waals surface area contributed by atoms with E-state index >= 15 is 0 Å². The van der Waals surface area contributed by atoms with Crippen LogP contribution in [0.4, 0.5) is 4.79 Å². The van der Waals surface area contributed by atoms with Crippen LogP contribution in [0.5, 0.6) is 0 Å². The molecule has 1 amide bonds. The highest BCUT2D eigenvalue weighted by atomic mass is 16.6. The van der Waals surface area contributed by atoms with Crippen molar-refractivity contribution in [2.75, 3.05) is 6.54 Å². The van der Waals surface area contributed by atoms with E-state index in [1.807, 2.05) is 20.8 Å². The molecule has 0 heterocycles. The molecule has 2 N–H and O–H groups in total. The number of amides is 1. The molecule has 5 heteroatoms. The normalized spacial score (nSPS) is 11.5. The monoisotopic (exact) mass is 257 g/mol. The van der Waals surface area contributed by atoms with E-state index in [2.05, 4.69) is 5.32 Å². The van der Waals surface area contributed by atoms with E-state index in [9.17, 15) is 9.59 Å². The number of carboxylic acid groups (broad SMARTS) is 1. The number of allylic oxidation sites excluding steroid dienone is 1. The topological polar surface area (TPSA) is 75.6 Å². The molecule has 0 fully saturated rings. The summed E-state index contributed by atoms with van der Waals surface area (Å²) in [4.78, 5) is 21.4. The fourth-order valence-corrected chi connectivity index (χ4v) is 1.25. The SMILES string of the molecule is CC(C)(C)OC(=O)NCCCCC/C=C/C(=O)O. The van der Waals surface area contributed by atoms with Crippen LogP contribution in [0.25, 0.3) is 0 Å². The minimum absolute atomic E-state index is 0.395. The third-order valence-corrected chi connectivity index (χ3v) is 1.98. The van der Waals surface area contributed by atoms with Gasteiger partial charge in [0.1, 0.15) is 5.60 Å². The second-order valence-corrected chi connectivity index (χ2v) is 5.02. The second kappa shape index (κ2) is 8.55. The molecule has 0 spiro atoms. The molecular weight excluding hydrogens is 234 g/mol. The molecule has 0 aliphatic heterocycles. The zero-order valence-electron chi connectivity index (χ0n) is 11.4. The molecule has 0 radical (unpaired) electrons. The van der Waals surface area contributed by atoms with Crippen LogP contribution in [0.15, 0.2) is 12.2 Å². The van der Waals surface area contributed by atoms with Gasteiger partial charge in [0.05, 0.1) is 0 Å². The van der Waals surface area contributed by atoms with E-state index in [1.54, 1.807) is 6.08 Å². The Morgan fingerprint density at radius 1 is 1.22 bits per heavy atom. The zero-order valence-corrected chi connectivity index (χ0v) is 11.4. The van der Waals surface area contributed by atoms with E-state index in [4.69, 9.17) is 9.84 Å². The van der Waals surface area contributed by atoms with Gasteiger partial charge in [0.2, 0.25) is 0 Å². The Hall–Kier alpha value is -1.52. The summed E-state index contributed by atoms with van der Waals surface area (Å²) in [5.41, 5.74) is -0.467. The van der Waals surface area contributed by atoms with Crippen molar-refractivity contribution >= 4 is 12.1 Å². The summed E-state index contributed by atoms with van der Waals surface area (Å²) in [6.07, 6.45) is 5.87. The van der Waals surface area contributed by atoms with E-state index in [1.165, 1.54) is 0 Å². The number of carboxylic acids is 1. The maximum atomic E-state index is 11.3. The Morgan fingerprint density at radius 3 is 2.44 bits per heavy atom. The number of unbranched alkanes of at least 4 members (excludes halogenated alkanes) is 3. The first-order valence-electron chi connectivity index (χ1n) is 6.17. The molecule has 0 saturated carbocycles. The Bertz CT molecular complexity index is 292. The maximum Gasteiger partial charge on any atom is 0.407 e. The number of carbonyl (C=O) groups is 2. The molecule has 0 bridgehead atoms. The standard InChI is InChI=1S/C13H23NO4/c1-13(2,3)18-12(17)14-10-8-6-4-5-7-9-11(15)16/h7,9H,4-6,8,10H2,1-3H3,(H,14,17)(H,15,16)/b9-7+. The van der Waals surface area contributed by atoms with Crippen LogP contribution in [0.2, 0.25) is 0 Å². The first-order chi connectivity index (χ1) is 8.31. The number of alkyl carbamates (subject to hydrolysis) is 1. The van der Waals surface area contributed by atoms with Crippen molar-refractivity contribution in [2.24, 2.45) is 0 Å². The third kappa shape index (κ3) is 12.5. The summed E-state index contributed by atoms with van der Waals surface area (Å²) in [6.45, 7) is 6.04. The number of nitrogens with one attached hydrogen (secondary N) is 1. The average Bonchev–Trinajstić information content (AvgIpc) is 2.18. The fraction of sp³-hybridized carbons (Fsp3) is 0.692. The van der Waals surface area contributed by atoms with E-state index < -0.39 is 17.7 Å². The predicted molar refractivity (Wildman–Crippen MR) is 69.5 cm³/mol. The molecule has 0 aromatic heterocycles. The Kier molecular flexibility index (Phi) is 7.83. The van der Waals surface area contributed by atoms with Crippen molar-refractivity contribution in [3.63, 3.8) is 0 Å². The molecule has 0 aliphatic carbocycles. The summed E-state index contributed by atoms with van der Waals surface area (Å²) in [5.74, 6) is -0.915. The molecule has 5 nitrogen and oxygen atoms in total. The number of rotatable bonds is 7. The van der Waals surface area contributed by atoms with Crippen LogP contribution in [0.3, 0.4) is 0 Å². The van der Waals surface area contributed by atoms with Gasteiger partial charge in [-0.3, -0.25) is 0 Å². The highest BCUT2D eigenvalue weighted by molar-refractivity contribution is 5.79. The average molecular weight is 257 g/mol. The Labute approximate surface area is 108 Å². The van der Waals surface area contributed by atoms with Crippen molar-refractivity contribution < 1.29 is 19.4 Å². The summed E-state index contributed by atoms with van der Waals surface area (Å²) in [6, 6.07) is 0. The van der Waals surface area contributed by atoms with E-state index in [-0.39, 0.29) is 0 Å². The molecule has 0 atom stereocenters. The summed E-state index contributed by atoms with van der Waals surface area (Å²) < 4.78 is 5.08. The van der Waals surface area contributed by atoms with Crippen LogP contribution in [-0.4, -0.2) is 29.3 Å². The fourth-order valence-electron chi connectivity index (χ4n) is 1.25. The number of aliphatic carboxylic acids is 1. The quantitative estimate of drug-likeness (QED) is 0.543. The highest BCUT2D eigenvalue weighted by Gasteiger charge is 2.15. The molecule has 0 aromatic carbocycles. The van der Waals surface area contributed by atoms with Gasteiger partial charge >= 0.3 is 12.1 Å². The number of hydrogen-bond acceptors (Lipinski definition) is 3. The lowest BCUT2D eigenvalue weighted by molar-refractivity contribution is -0.131. The summed E-state index contributed by atoms with van der Waals surface area (Å²) in [7, 11) is 0. The molecule has 0 saturated heterocycles. The van der Waals surface area contributed by atoms with Gasteiger partial charge in [-0.2, -0.15) is 0 Å². The van der Waals surface area contributed by atoms with Gasteiger partial charge < -0.3 is 15.2 Å². The second-order valence-electron chi connectivity index (χ2n) is 5.02. The van der Waals surface area contributed by atoms with Gasteiger partial charge in [-0.1, -0.05) is 12.5 Å². The lowest BCUT2D eigenvalue weighted by atomic mass is 10.2. The lowest BCUT2D eigenvalue weighted by Crippen LogP contribution is -2.32. The third-order valence-electron chi connectivity index (χ3n) is 1.98. The Morgan fingerprint density at radius 2 is 1.89 bits per heavy atom. The van der Waals surface area contributed by atoms with Crippen molar-refractivity contribution in [2.45, 2.75) is 52.1 Å². The molecule has 0 unspecified atom stereocenters. The molecule has 0 aromatic rings. The lowest BCUT2D eigenvalue weighted by Gasteiger charge is -2.19. The van der Waals surface area contributed by atoms with Crippen molar-refractivity contribution in [1.29, 1.82) is 0 Å². The molecule has 104 valence electrons. The van der Waals surface area contributed by atoms with Gasteiger partial charge in [-0.15, -0.1) is 0 Å². The highest BCUT2D eigenvalue weighted by Crippen LogP contribution is 2.06. The first-order valence-corrected chi connectivity index (χ1v) is 6.17. The van der Waals surface area contributed by atoms with Gasteiger partial charge in [-0.05, 0) is 40.0 Å². The predicted octanol–water partition coefficient (Wildman–Crippen LogP) is 2.71. The van der Waals surface area contributed by atoms with Crippen molar-refractivity contribution in [3.05, 3.63) is 12.2 Å². The first kappa shape index (κ1) is 16.5. The van der Waals surface area contributed by atoms with Gasteiger partial charge in [-0.25, -0.2) is 9.59 Å². The summed E-state index contributed by atoms with van der Waals surface area (Å²) in [5, 5.41) is 11.0. The molecule has 18 heavy (non-hydrogen) atoms. The maximum absolute atomic E-state index is 11.3. The van der Waals surface area contributed by atoms with Crippen molar-refractivity contribution in [1.82, 2.24) is 5.32 Å². The number of hydrogen-bond donors (Lipinski definition) is 2. The van der Waals surface area contributed by atoms with Crippen LogP contribution in [-0.2, 0) is 9.53 Å². The van der Waals surface area contributed by atoms with Crippen LogP contribution >= 0.6 is 0 Å². The summed E-state index contributed by atoms with van der Waals surface area (Å²) >= 11 is 0. The zero-order chi connectivity index (χ0) is 14.0. The number of carbonyl (C=O) groups excluding carboxylic acids is 1. The van der Waals surface area contributed by atoms with Crippen LogP contribution in [0, 0.1) is 0 Å². The molecular formula is C13H23NO4. The largest absolute Gasteiger partial charge is 0.478 e.